The number of likely N-dealkylation sites (tertiary alicyclic amines) is 1. The molecule has 2 saturated heterocycles. The highest BCUT2D eigenvalue weighted by atomic mass is 16.5. The molecule has 1 spiro atoms. The molecular formula is C13H19N3O5. The van der Waals surface area contributed by atoms with Crippen LogP contribution in [-0.2, 0) is 19.1 Å². The predicted molar refractivity (Wildman–Crippen MR) is 71.1 cm³/mol. The molecule has 1 atom stereocenters. The van der Waals surface area contributed by atoms with Crippen molar-refractivity contribution in [3.8, 4) is 0 Å². The molecule has 0 bridgehead atoms. The predicted octanol–water partition coefficient (Wildman–Crippen LogP) is -0.470. The number of hydrogen-bond donors (Lipinski definition) is 2. The van der Waals surface area contributed by atoms with Crippen LogP contribution in [0.3, 0.4) is 0 Å². The number of amides is 4. The van der Waals surface area contributed by atoms with Crippen LogP contribution in [0.2, 0.25) is 0 Å². The van der Waals surface area contributed by atoms with E-state index >= 15 is 0 Å². The lowest BCUT2D eigenvalue weighted by atomic mass is 9.89. The number of nitrogens with zero attached hydrogens (tertiary/aromatic N) is 1. The largest absolute Gasteiger partial charge is 0.466 e. The highest BCUT2D eigenvalue weighted by Gasteiger charge is 2.49. The van der Waals surface area contributed by atoms with E-state index in [9.17, 15) is 19.2 Å². The SMILES string of the molecule is CCOC(=O)CCC(=O)N1CCCC2(C1)NC(=O)NC2=O. The number of esters is 1. The molecule has 2 heterocycles. The third kappa shape index (κ3) is 3.32. The number of carbonyl (C=O) groups excluding carboxylic acids is 4. The van der Waals surface area contributed by atoms with E-state index in [1.54, 1.807) is 6.92 Å². The van der Waals surface area contributed by atoms with Gasteiger partial charge in [0.05, 0.1) is 19.6 Å². The van der Waals surface area contributed by atoms with Gasteiger partial charge in [-0.2, -0.15) is 0 Å². The highest BCUT2D eigenvalue weighted by molar-refractivity contribution is 6.07. The van der Waals surface area contributed by atoms with Crippen molar-refractivity contribution in [2.75, 3.05) is 19.7 Å². The van der Waals surface area contributed by atoms with Gasteiger partial charge in [0, 0.05) is 13.0 Å². The van der Waals surface area contributed by atoms with Crippen LogP contribution in [-0.4, -0.2) is 54.0 Å². The summed E-state index contributed by atoms with van der Waals surface area (Å²) in [5.74, 6) is -1.02. The molecule has 4 amide bonds. The summed E-state index contributed by atoms with van der Waals surface area (Å²) in [5, 5.41) is 4.81. The van der Waals surface area contributed by atoms with Crippen LogP contribution in [0.1, 0.15) is 32.6 Å². The van der Waals surface area contributed by atoms with Crippen molar-refractivity contribution in [2.45, 2.75) is 38.1 Å². The maximum absolute atomic E-state index is 12.1. The summed E-state index contributed by atoms with van der Waals surface area (Å²) in [7, 11) is 0. The second kappa shape index (κ2) is 6.11. The van der Waals surface area contributed by atoms with Crippen molar-refractivity contribution in [3.05, 3.63) is 0 Å². The van der Waals surface area contributed by atoms with Gasteiger partial charge >= 0.3 is 12.0 Å². The molecule has 0 aromatic rings. The van der Waals surface area contributed by atoms with E-state index in [0.29, 0.717) is 19.4 Å². The van der Waals surface area contributed by atoms with Gasteiger partial charge in [0.1, 0.15) is 5.54 Å². The number of urea groups is 1. The van der Waals surface area contributed by atoms with Crippen molar-refractivity contribution in [1.29, 1.82) is 0 Å². The first kappa shape index (κ1) is 15.3. The zero-order chi connectivity index (χ0) is 15.5. The van der Waals surface area contributed by atoms with Crippen molar-refractivity contribution >= 4 is 23.8 Å². The number of ether oxygens (including phenoxy) is 1. The summed E-state index contributed by atoms with van der Waals surface area (Å²) in [5.41, 5.74) is -1.02. The lowest BCUT2D eigenvalue weighted by Gasteiger charge is -2.38. The summed E-state index contributed by atoms with van der Waals surface area (Å²) in [6, 6.07) is -0.527. The molecule has 0 aromatic heterocycles. The zero-order valence-electron chi connectivity index (χ0n) is 11.9. The molecule has 21 heavy (non-hydrogen) atoms. The third-order valence-electron chi connectivity index (χ3n) is 3.71. The average molecular weight is 297 g/mol. The van der Waals surface area contributed by atoms with Crippen molar-refractivity contribution < 1.29 is 23.9 Å². The van der Waals surface area contributed by atoms with E-state index in [4.69, 9.17) is 4.74 Å². The highest BCUT2D eigenvalue weighted by Crippen LogP contribution is 2.25. The van der Waals surface area contributed by atoms with Gasteiger partial charge in [-0.3, -0.25) is 19.7 Å². The summed E-state index contributed by atoms with van der Waals surface area (Å²) < 4.78 is 4.77. The number of hydrogen-bond acceptors (Lipinski definition) is 5. The van der Waals surface area contributed by atoms with E-state index in [0.717, 1.165) is 0 Å². The molecule has 0 radical (unpaired) electrons. The fourth-order valence-electron chi connectivity index (χ4n) is 2.68. The van der Waals surface area contributed by atoms with Crippen molar-refractivity contribution in [3.63, 3.8) is 0 Å². The number of piperidine rings is 1. The molecule has 116 valence electrons. The smallest absolute Gasteiger partial charge is 0.322 e. The minimum Gasteiger partial charge on any atom is -0.466 e. The zero-order valence-corrected chi connectivity index (χ0v) is 11.9. The van der Waals surface area contributed by atoms with Gasteiger partial charge in [-0.1, -0.05) is 0 Å². The normalized spacial score (nSPS) is 24.7. The first-order valence-corrected chi connectivity index (χ1v) is 7.04. The minimum atomic E-state index is -1.02. The van der Waals surface area contributed by atoms with E-state index < -0.39 is 23.4 Å². The van der Waals surface area contributed by atoms with Crippen molar-refractivity contribution in [2.24, 2.45) is 0 Å². The monoisotopic (exact) mass is 297 g/mol. The van der Waals surface area contributed by atoms with E-state index in [1.165, 1.54) is 4.90 Å². The van der Waals surface area contributed by atoms with Gasteiger partial charge in [0.2, 0.25) is 5.91 Å². The molecule has 2 aliphatic rings. The second-order valence-electron chi connectivity index (χ2n) is 5.21. The van der Waals surface area contributed by atoms with Gasteiger partial charge in [0.15, 0.2) is 0 Å². The standard InChI is InChI=1S/C13H19N3O5/c1-2-21-10(18)5-4-9(17)16-7-3-6-13(8-16)11(19)14-12(20)15-13/h2-8H2,1H3,(H2,14,15,19,20). The topological polar surface area (TPSA) is 105 Å². The van der Waals surface area contributed by atoms with E-state index in [1.807, 2.05) is 0 Å². The number of imide groups is 1. The summed E-state index contributed by atoms with van der Waals surface area (Å²) >= 11 is 0. The Bertz CT molecular complexity index is 478. The molecule has 0 aliphatic carbocycles. The average Bonchev–Trinajstić information content (AvgIpc) is 2.70. The first-order valence-electron chi connectivity index (χ1n) is 7.04. The Morgan fingerprint density at radius 2 is 2.10 bits per heavy atom. The Balaban J connectivity index is 1.92. The van der Waals surface area contributed by atoms with Crippen LogP contribution in [0.5, 0.6) is 0 Å². The molecule has 1 unspecified atom stereocenters. The maximum Gasteiger partial charge on any atom is 0.322 e. The lowest BCUT2D eigenvalue weighted by molar-refractivity contribution is -0.146. The summed E-state index contributed by atoms with van der Waals surface area (Å²) in [6.07, 6.45) is 1.20. The second-order valence-corrected chi connectivity index (χ2v) is 5.21. The molecule has 2 N–H and O–H groups in total. The van der Waals surface area contributed by atoms with Crippen LogP contribution in [0, 0.1) is 0 Å². The molecule has 8 nitrogen and oxygen atoms in total. The van der Waals surface area contributed by atoms with E-state index in [2.05, 4.69) is 10.6 Å². The Kier molecular flexibility index (Phi) is 4.44. The first-order chi connectivity index (χ1) is 9.97. The Morgan fingerprint density at radius 1 is 1.33 bits per heavy atom. The van der Waals surface area contributed by atoms with Crippen LogP contribution in [0.15, 0.2) is 0 Å². The van der Waals surface area contributed by atoms with Crippen LogP contribution >= 0.6 is 0 Å². The van der Waals surface area contributed by atoms with Crippen LogP contribution < -0.4 is 10.6 Å². The van der Waals surface area contributed by atoms with Gasteiger partial charge in [-0.25, -0.2) is 4.79 Å². The maximum atomic E-state index is 12.1. The molecule has 0 saturated carbocycles. The Morgan fingerprint density at radius 3 is 2.71 bits per heavy atom. The number of nitrogens with one attached hydrogen (secondary N) is 2. The molecule has 2 rings (SSSR count). The van der Waals surface area contributed by atoms with Crippen molar-refractivity contribution in [1.82, 2.24) is 15.5 Å². The molecular weight excluding hydrogens is 278 g/mol. The van der Waals surface area contributed by atoms with E-state index in [-0.39, 0.29) is 31.9 Å². The van der Waals surface area contributed by atoms with Gasteiger partial charge in [-0.15, -0.1) is 0 Å². The molecule has 2 aliphatic heterocycles. The molecule has 2 fully saturated rings. The summed E-state index contributed by atoms with van der Waals surface area (Å²) in [6.45, 7) is 2.65. The number of rotatable bonds is 4. The molecule has 8 heteroatoms. The third-order valence-corrected chi connectivity index (χ3v) is 3.71. The summed E-state index contributed by atoms with van der Waals surface area (Å²) in [4.78, 5) is 48.0. The van der Waals surface area contributed by atoms with Crippen LogP contribution in [0.25, 0.3) is 0 Å². The Hall–Kier alpha value is -2.12. The fourth-order valence-corrected chi connectivity index (χ4v) is 2.68. The number of carbonyl (C=O) groups is 4. The van der Waals surface area contributed by atoms with Gasteiger partial charge < -0.3 is 15.0 Å². The van der Waals surface area contributed by atoms with Crippen LogP contribution in [0.4, 0.5) is 4.79 Å². The molecule has 0 aromatic carbocycles. The van der Waals surface area contributed by atoms with Gasteiger partial charge in [-0.05, 0) is 19.8 Å². The quantitative estimate of drug-likeness (QED) is 0.539. The lowest BCUT2D eigenvalue weighted by Crippen LogP contribution is -2.59. The fraction of sp³-hybridized carbons (Fsp3) is 0.692. The van der Waals surface area contributed by atoms with Gasteiger partial charge in [0.25, 0.3) is 5.91 Å². The Labute approximate surface area is 122 Å². The minimum absolute atomic E-state index is 0.0225.